The monoisotopic (exact) mass is 483 g/mol. The summed E-state index contributed by atoms with van der Waals surface area (Å²) in [5.74, 6) is -3.30. The first kappa shape index (κ1) is 26.2. The number of rotatable bonds is 10. The van der Waals surface area contributed by atoms with Crippen molar-refractivity contribution in [3.05, 3.63) is 57.4 Å². The number of H-pyrrole nitrogens is 1. The molecule has 12 heteroatoms. The summed E-state index contributed by atoms with van der Waals surface area (Å²) in [5, 5.41) is 53.1. The van der Waals surface area contributed by atoms with E-state index in [0.717, 1.165) is 19.0 Å². The van der Waals surface area contributed by atoms with Gasteiger partial charge in [0.25, 0.3) is 5.56 Å². The second-order valence-electron chi connectivity index (χ2n) is 8.28. The van der Waals surface area contributed by atoms with Crippen LogP contribution in [0.4, 0.5) is 4.39 Å². The highest BCUT2D eigenvalue weighted by Crippen LogP contribution is 2.44. The molecule has 1 fully saturated rings. The lowest BCUT2D eigenvalue weighted by molar-refractivity contribution is -0.428. The van der Waals surface area contributed by atoms with Gasteiger partial charge in [-0.1, -0.05) is 56.5 Å². The minimum Gasteiger partial charge on any atom is -0.394 e. The normalized spacial score (nSPS) is 27.9. The van der Waals surface area contributed by atoms with Crippen molar-refractivity contribution >= 4 is 0 Å². The minimum atomic E-state index is -3.33. The molecule has 1 aromatic heterocycles. The summed E-state index contributed by atoms with van der Waals surface area (Å²) >= 11 is 0. The third kappa shape index (κ3) is 4.45. The van der Waals surface area contributed by atoms with E-state index in [2.05, 4.69) is 0 Å². The van der Waals surface area contributed by atoms with Crippen molar-refractivity contribution in [2.75, 3.05) is 6.61 Å². The number of hydrogen-bond donors (Lipinski definition) is 6. The Morgan fingerprint density at radius 1 is 1.21 bits per heavy atom. The predicted molar refractivity (Wildman–Crippen MR) is 117 cm³/mol. The Kier molecular flexibility index (Phi) is 8.03. The standard InChI is InChI=1S/C22H30FN3O8/c1-2-3-4-8-11-17(23)26(33)21(31)18(28)16(13-27)34-22(21,32)25-12-15(19(29)24-20(25)30)14-9-6-5-7-10-14/h5-7,9-10,12,16-18,27-28,31-33H,2-4,8,11,13H2,1H3,(H,24,29,30)/t16-,17?,18-,21-,22+/m1/s1. The number of aromatic amines is 1. The number of unbranched alkanes of at least 4 members (excludes halogenated alkanes) is 3. The number of aromatic nitrogens is 2. The van der Waals surface area contributed by atoms with Crippen LogP contribution in [0.25, 0.3) is 11.1 Å². The van der Waals surface area contributed by atoms with E-state index in [1.165, 1.54) is 0 Å². The molecule has 34 heavy (non-hydrogen) atoms. The van der Waals surface area contributed by atoms with E-state index >= 15 is 0 Å². The second-order valence-corrected chi connectivity index (χ2v) is 8.28. The number of aliphatic hydroxyl groups is 4. The summed E-state index contributed by atoms with van der Waals surface area (Å²) in [6.07, 6.45) is -2.96. The molecule has 1 aliphatic heterocycles. The smallest absolute Gasteiger partial charge is 0.332 e. The number of aliphatic hydroxyl groups excluding tert-OH is 2. The fraction of sp³-hybridized carbons (Fsp3) is 0.545. The number of benzene rings is 1. The van der Waals surface area contributed by atoms with E-state index in [-0.39, 0.29) is 17.0 Å². The minimum absolute atomic E-state index is 0.123. The lowest BCUT2D eigenvalue weighted by Crippen LogP contribution is -2.69. The molecule has 0 amide bonds. The summed E-state index contributed by atoms with van der Waals surface area (Å²) < 4.78 is 20.5. The zero-order chi connectivity index (χ0) is 25.1. The molecule has 1 saturated heterocycles. The van der Waals surface area contributed by atoms with Crippen LogP contribution in [-0.4, -0.2) is 71.1 Å². The molecule has 3 rings (SSSR count). The van der Waals surface area contributed by atoms with E-state index in [4.69, 9.17) is 4.74 Å². The van der Waals surface area contributed by atoms with Crippen molar-refractivity contribution in [2.24, 2.45) is 0 Å². The fourth-order valence-corrected chi connectivity index (χ4v) is 4.06. The van der Waals surface area contributed by atoms with Crippen molar-refractivity contribution in [1.29, 1.82) is 0 Å². The van der Waals surface area contributed by atoms with E-state index in [0.29, 0.717) is 23.0 Å². The van der Waals surface area contributed by atoms with Crippen molar-refractivity contribution in [2.45, 2.75) is 69.2 Å². The maximum atomic E-state index is 14.9. The Bertz CT molecular complexity index is 1080. The molecule has 6 N–H and O–H groups in total. The van der Waals surface area contributed by atoms with Gasteiger partial charge in [0.2, 0.25) is 5.72 Å². The lowest BCUT2D eigenvalue weighted by atomic mass is 9.99. The first-order chi connectivity index (χ1) is 16.1. The highest BCUT2D eigenvalue weighted by atomic mass is 19.1. The average Bonchev–Trinajstić information content (AvgIpc) is 3.03. The van der Waals surface area contributed by atoms with Crippen LogP contribution < -0.4 is 11.2 Å². The van der Waals surface area contributed by atoms with Crippen LogP contribution in [0.1, 0.15) is 39.0 Å². The molecule has 0 spiro atoms. The predicted octanol–water partition coefficient (Wildman–Crippen LogP) is 0.204. The number of nitrogens with one attached hydrogen (secondary N) is 1. The summed E-state index contributed by atoms with van der Waals surface area (Å²) in [5.41, 5.74) is -5.22. The van der Waals surface area contributed by atoms with Crippen molar-refractivity contribution in [1.82, 2.24) is 14.6 Å². The first-order valence-electron chi connectivity index (χ1n) is 11.1. The van der Waals surface area contributed by atoms with Gasteiger partial charge >= 0.3 is 11.6 Å². The Balaban J connectivity index is 2.09. The van der Waals surface area contributed by atoms with Gasteiger partial charge in [-0.05, 0) is 18.4 Å². The van der Waals surface area contributed by atoms with Gasteiger partial charge in [0, 0.05) is 6.20 Å². The molecule has 1 aromatic carbocycles. The highest BCUT2D eigenvalue weighted by Gasteiger charge is 2.71. The summed E-state index contributed by atoms with van der Waals surface area (Å²) in [4.78, 5) is 27.0. The molecule has 11 nitrogen and oxygen atoms in total. The van der Waals surface area contributed by atoms with Gasteiger partial charge in [0.05, 0.1) is 12.2 Å². The topological polar surface area (TPSA) is 168 Å². The Labute approximate surface area is 194 Å². The van der Waals surface area contributed by atoms with Crippen LogP contribution >= 0.6 is 0 Å². The molecule has 2 heterocycles. The van der Waals surface area contributed by atoms with Crippen molar-refractivity contribution < 1.29 is 34.8 Å². The van der Waals surface area contributed by atoms with Gasteiger partial charge in [-0.25, -0.2) is 13.8 Å². The summed E-state index contributed by atoms with van der Waals surface area (Å²) in [7, 11) is 0. The fourth-order valence-electron chi connectivity index (χ4n) is 4.06. The Morgan fingerprint density at radius 2 is 1.88 bits per heavy atom. The molecule has 1 aliphatic rings. The van der Waals surface area contributed by atoms with Gasteiger partial charge < -0.3 is 30.4 Å². The van der Waals surface area contributed by atoms with Crippen LogP contribution in [0.3, 0.4) is 0 Å². The molecule has 0 aliphatic carbocycles. The SMILES string of the molecule is CCCCCCC(F)N(O)[C@@]1(O)[C@H](O)[C@@H](CO)O[C@]1(O)n1cc(-c2ccccc2)c(=O)[nH]c1=O. The van der Waals surface area contributed by atoms with E-state index < -0.39 is 48.0 Å². The second kappa shape index (κ2) is 10.4. The number of nitrogens with zero attached hydrogens (tertiary/aromatic N) is 2. The van der Waals surface area contributed by atoms with Crippen molar-refractivity contribution in [3.63, 3.8) is 0 Å². The number of ether oxygens (including phenoxy) is 1. The summed E-state index contributed by atoms with van der Waals surface area (Å²) in [6.45, 7) is 1.01. The molecule has 188 valence electrons. The zero-order valence-electron chi connectivity index (χ0n) is 18.7. The molecular weight excluding hydrogens is 453 g/mol. The third-order valence-corrected chi connectivity index (χ3v) is 6.00. The van der Waals surface area contributed by atoms with E-state index in [1.807, 2.05) is 11.9 Å². The maximum Gasteiger partial charge on any atom is 0.332 e. The van der Waals surface area contributed by atoms with Gasteiger partial charge in [-0.15, -0.1) is 5.06 Å². The molecule has 0 bridgehead atoms. The van der Waals surface area contributed by atoms with E-state index in [1.54, 1.807) is 30.3 Å². The van der Waals surface area contributed by atoms with Crippen LogP contribution in [0.2, 0.25) is 0 Å². The van der Waals surface area contributed by atoms with Crippen LogP contribution in [0.5, 0.6) is 0 Å². The third-order valence-electron chi connectivity index (χ3n) is 6.00. The number of alkyl halides is 1. The number of hydroxylamine groups is 2. The maximum absolute atomic E-state index is 14.9. The molecular formula is C22H30FN3O8. The van der Waals surface area contributed by atoms with E-state index in [9.17, 15) is 39.6 Å². The highest BCUT2D eigenvalue weighted by molar-refractivity contribution is 5.61. The van der Waals surface area contributed by atoms with Gasteiger partial charge in [0.15, 0.2) is 6.30 Å². The van der Waals surface area contributed by atoms with Gasteiger partial charge in [-0.2, -0.15) is 0 Å². The lowest BCUT2D eigenvalue weighted by Gasteiger charge is -2.43. The molecule has 2 aromatic rings. The first-order valence-corrected chi connectivity index (χ1v) is 11.1. The number of hydrogen-bond acceptors (Lipinski definition) is 9. The quantitative estimate of drug-likeness (QED) is 0.120. The van der Waals surface area contributed by atoms with Crippen LogP contribution in [0.15, 0.2) is 46.1 Å². The van der Waals surface area contributed by atoms with Crippen molar-refractivity contribution in [3.8, 4) is 11.1 Å². The largest absolute Gasteiger partial charge is 0.394 e. The molecule has 0 saturated carbocycles. The van der Waals surface area contributed by atoms with Crippen LogP contribution in [-0.2, 0) is 10.6 Å². The van der Waals surface area contributed by atoms with Gasteiger partial charge in [-0.3, -0.25) is 9.78 Å². The summed E-state index contributed by atoms with van der Waals surface area (Å²) in [6, 6.07) is 8.02. The Morgan fingerprint density at radius 3 is 2.50 bits per heavy atom. The molecule has 5 atom stereocenters. The Hall–Kier alpha value is -2.45. The molecule has 1 unspecified atom stereocenters. The number of halogens is 1. The van der Waals surface area contributed by atoms with Crippen LogP contribution in [0, 0.1) is 0 Å². The molecule has 0 radical (unpaired) electrons. The average molecular weight is 483 g/mol. The van der Waals surface area contributed by atoms with Gasteiger partial charge in [0.1, 0.15) is 12.2 Å². The zero-order valence-corrected chi connectivity index (χ0v) is 18.7.